The van der Waals surface area contributed by atoms with Crippen LogP contribution in [0.5, 0.6) is 5.75 Å². The van der Waals surface area contributed by atoms with Crippen molar-refractivity contribution < 1.29 is 4.74 Å². The second-order valence-corrected chi connectivity index (χ2v) is 6.27. The van der Waals surface area contributed by atoms with E-state index in [1.807, 2.05) is 36.7 Å². The highest BCUT2D eigenvalue weighted by molar-refractivity contribution is 6.30. The zero-order valence-electron chi connectivity index (χ0n) is 12.9. The molecule has 1 saturated heterocycles. The van der Waals surface area contributed by atoms with Crippen LogP contribution in [-0.2, 0) is 7.05 Å². The molecule has 0 radical (unpaired) electrons. The quantitative estimate of drug-likeness (QED) is 0.847. The summed E-state index contributed by atoms with van der Waals surface area (Å²) in [4.78, 5) is 6.97. The number of benzene rings is 1. The van der Waals surface area contributed by atoms with Crippen LogP contribution in [0.15, 0.2) is 36.7 Å². The highest BCUT2D eigenvalue weighted by Crippen LogP contribution is 2.25. The van der Waals surface area contributed by atoms with Crippen LogP contribution in [0.25, 0.3) is 0 Å². The first-order valence-corrected chi connectivity index (χ1v) is 8.18. The Morgan fingerprint density at radius 2 is 2.14 bits per heavy atom. The van der Waals surface area contributed by atoms with Gasteiger partial charge in [-0.2, -0.15) is 0 Å². The molecule has 0 spiro atoms. The van der Waals surface area contributed by atoms with Gasteiger partial charge in [0, 0.05) is 43.5 Å². The largest absolute Gasteiger partial charge is 0.492 e. The molecule has 0 bridgehead atoms. The number of imidazole rings is 1. The topological polar surface area (TPSA) is 30.3 Å². The minimum Gasteiger partial charge on any atom is -0.492 e. The summed E-state index contributed by atoms with van der Waals surface area (Å²) in [7, 11) is 2.07. The zero-order chi connectivity index (χ0) is 15.4. The fourth-order valence-electron chi connectivity index (χ4n) is 3.06. The van der Waals surface area contributed by atoms with Crippen LogP contribution in [0.4, 0.5) is 0 Å². The molecule has 0 N–H and O–H groups in total. The highest BCUT2D eigenvalue weighted by Gasteiger charge is 2.23. The fourth-order valence-corrected chi connectivity index (χ4v) is 3.19. The molecule has 1 fully saturated rings. The summed E-state index contributed by atoms with van der Waals surface area (Å²) in [6, 6.07) is 7.54. The van der Waals surface area contributed by atoms with Gasteiger partial charge in [-0.25, -0.2) is 4.98 Å². The first-order chi connectivity index (χ1) is 10.7. The van der Waals surface area contributed by atoms with Gasteiger partial charge in [-0.1, -0.05) is 11.6 Å². The number of hydrogen-bond acceptors (Lipinski definition) is 3. The van der Waals surface area contributed by atoms with E-state index in [2.05, 4.69) is 21.5 Å². The first kappa shape index (κ1) is 15.4. The lowest BCUT2D eigenvalue weighted by Gasteiger charge is -2.32. The van der Waals surface area contributed by atoms with E-state index in [1.165, 1.54) is 18.7 Å². The lowest BCUT2D eigenvalue weighted by molar-refractivity contribution is 0.167. The van der Waals surface area contributed by atoms with Crippen LogP contribution in [0.3, 0.4) is 0 Å². The Kier molecular flexibility index (Phi) is 5.01. The van der Waals surface area contributed by atoms with Crippen molar-refractivity contribution in [2.45, 2.75) is 18.8 Å². The van der Waals surface area contributed by atoms with Crippen molar-refractivity contribution in [1.82, 2.24) is 14.5 Å². The minimum atomic E-state index is 0.532. The highest BCUT2D eigenvalue weighted by atomic mass is 35.5. The smallest absolute Gasteiger partial charge is 0.119 e. The van der Waals surface area contributed by atoms with E-state index in [9.17, 15) is 0 Å². The third-order valence-corrected chi connectivity index (χ3v) is 4.47. The number of rotatable bonds is 5. The van der Waals surface area contributed by atoms with E-state index in [-0.39, 0.29) is 0 Å². The average molecular weight is 320 g/mol. The summed E-state index contributed by atoms with van der Waals surface area (Å²) < 4.78 is 7.93. The Morgan fingerprint density at radius 3 is 2.86 bits per heavy atom. The monoisotopic (exact) mass is 319 g/mol. The van der Waals surface area contributed by atoms with Crippen molar-refractivity contribution in [3.05, 3.63) is 47.5 Å². The predicted molar refractivity (Wildman–Crippen MR) is 88.6 cm³/mol. The number of piperidine rings is 1. The Hall–Kier alpha value is -1.52. The molecule has 0 unspecified atom stereocenters. The van der Waals surface area contributed by atoms with Gasteiger partial charge in [-0.05, 0) is 43.7 Å². The maximum atomic E-state index is 5.87. The van der Waals surface area contributed by atoms with E-state index >= 15 is 0 Å². The number of nitrogens with zero attached hydrogens (tertiary/aromatic N) is 3. The molecule has 2 aromatic rings. The number of ether oxygens (including phenoxy) is 1. The lowest BCUT2D eigenvalue weighted by atomic mass is 9.97. The van der Waals surface area contributed by atoms with Crippen LogP contribution in [0.1, 0.15) is 24.6 Å². The van der Waals surface area contributed by atoms with Gasteiger partial charge >= 0.3 is 0 Å². The molecule has 22 heavy (non-hydrogen) atoms. The van der Waals surface area contributed by atoms with Gasteiger partial charge in [0.15, 0.2) is 0 Å². The van der Waals surface area contributed by atoms with Crippen LogP contribution in [0, 0.1) is 0 Å². The predicted octanol–water partition coefficient (Wildman–Crippen LogP) is 3.33. The summed E-state index contributed by atoms with van der Waals surface area (Å²) in [6.45, 7) is 3.86. The number of aromatic nitrogens is 2. The molecule has 4 nitrogen and oxygen atoms in total. The van der Waals surface area contributed by atoms with E-state index in [0.717, 1.165) is 30.4 Å². The van der Waals surface area contributed by atoms with Crippen molar-refractivity contribution in [3.63, 3.8) is 0 Å². The van der Waals surface area contributed by atoms with Gasteiger partial charge < -0.3 is 9.30 Å². The van der Waals surface area contributed by atoms with Crippen molar-refractivity contribution in [2.75, 3.05) is 26.2 Å². The molecule has 0 amide bonds. The van der Waals surface area contributed by atoms with Crippen molar-refractivity contribution in [3.8, 4) is 5.75 Å². The van der Waals surface area contributed by atoms with Crippen molar-refractivity contribution in [1.29, 1.82) is 0 Å². The van der Waals surface area contributed by atoms with Crippen LogP contribution in [0.2, 0.25) is 5.02 Å². The Labute approximate surface area is 136 Å². The normalized spacial score (nSPS) is 19.3. The molecule has 1 aliphatic rings. The molecule has 1 aliphatic heterocycles. The van der Waals surface area contributed by atoms with Gasteiger partial charge in [0.05, 0.1) is 0 Å². The van der Waals surface area contributed by atoms with Crippen molar-refractivity contribution in [2.24, 2.45) is 7.05 Å². The van der Waals surface area contributed by atoms with E-state index in [1.54, 1.807) is 0 Å². The second kappa shape index (κ2) is 7.16. The van der Waals surface area contributed by atoms with Crippen molar-refractivity contribution >= 4 is 11.6 Å². The molecular weight excluding hydrogens is 298 g/mol. The molecule has 2 heterocycles. The first-order valence-electron chi connectivity index (χ1n) is 7.80. The third kappa shape index (κ3) is 3.81. The second-order valence-electron chi connectivity index (χ2n) is 5.84. The Morgan fingerprint density at radius 1 is 1.32 bits per heavy atom. The maximum absolute atomic E-state index is 5.87. The van der Waals surface area contributed by atoms with Crippen LogP contribution in [-0.4, -0.2) is 40.7 Å². The van der Waals surface area contributed by atoms with Gasteiger partial charge in [0.25, 0.3) is 0 Å². The summed E-state index contributed by atoms with van der Waals surface area (Å²) in [5, 5.41) is 0.737. The molecule has 1 aromatic heterocycles. The number of aryl methyl sites for hydroxylation is 1. The number of halogens is 1. The van der Waals surface area contributed by atoms with E-state index < -0.39 is 0 Å². The summed E-state index contributed by atoms with van der Waals surface area (Å²) >= 11 is 5.87. The third-order valence-electron chi connectivity index (χ3n) is 4.22. The molecular formula is C17H22ClN3O. The lowest BCUT2D eigenvalue weighted by Crippen LogP contribution is -2.37. The number of hydrogen-bond donors (Lipinski definition) is 0. The van der Waals surface area contributed by atoms with Crippen LogP contribution >= 0.6 is 11.6 Å². The van der Waals surface area contributed by atoms with Gasteiger partial charge in [-0.15, -0.1) is 0 Å². The SMILES string of the molecule is Cn1ccnc1[C@H]1CCCN(CCOc2ccc(Cl)cc2)C1. The zero-order valence-corrected chi connectivity index (χ0v) is 13.7. The van der Waals surface area contributed by atoms with Gasteiger partial charge in [-0.3, -0.25) is 4.90 Å². The van der Waals surface area contributed by atoms with E-state index in [0.29, 0.717) is 12.5 Å². The summed E-state index contributed by atoms with van der Waals surface area (Å²) in [6.07, 6.45) is 6.35. The molecule has 0 aliphatic carbocycles. The number of likely N-dealkylation sites (tertiary alicyclic amines) is 1. The van der Waals surface area contributed by atoms with E-state index in [4.69, 9.17) is 16.3 Å². The molecule has 1 aromatic carbocycles. The summed E-state index contributed by atoms with van der Waals surface area (Å²) in [5.74, 6) is 2.61. The fraction of sp³-hybridized carbons (Fsp3) is 0.471. The molecule has 5 heteroatoms. The van der Waals surface area contributed by atoms with Crippen LogP contribution < -0.4 is 4.74 Å². The molecule has 3 rings (SSSR count). The average Bonchev–Trinajstić information content (AvgIpc) is 2.96. The molecule has 0 saturated carbocycles. The Bertz CT molecular complexity index is 596. The maximum Gasteiger partial charge on any atom is 0.119 e. The summed E-state index contributed by atoms with van der Waals surface area (Å²) in [5.41, 5.74) is 0. The molecule has 1 atom stereocenters. The standard InChI is InChI=1S/C17H22ClN3O/c1-20-10-8-19-17(20)14-3-2-9-21(13-14)11-12-22-16-6-4-15(18)5-7-16/h4-8,10,14H,2-3,9,11-13H2,1H3/t14-/m0/s1. The Balaban J connectivity index is 1.48. The minimum absolute atomic E-state index is 0.532. The van der Waals surface area contributed by atoms with Gasteiger partial charge in [0.2, 0.25) is 0 Å². The van der Waals surface area contributed by atoms with Gasteiger partial charge in [0.1, 0.15) is 18.2 Å². The molecule has 118 valence electrons.